The number of pyridine rings is 1. The summed E-state index contributed by atoms with van der Waals surface area (Å²) in [5.74, 6) is -0.0112. The van der Waals surface area contributed by atoms with Crippen LogP contribution < -0.4 is 5.32 Å². The van der Waals surface area contributed by atoms with Crippen LogP contribution in [0.2, 0.25) is 0 Å². The average Bonchev–Trinajstić information content (AvgIpc) is 3.30. The van der Waals surface area contributed by atoms with Gasteiger partial charge in [-0.1, -0.05) is 12.1 Å². The molecule has 5 rings (SSSR count). The van der Waals surface area contributed by atoms with Gasteiger partial charge in [0.15, 0.2) is 0 Å². The van der Waals surface area contributed by atoms with E-state index in [2.05, 4.69) is 25.3 Å². The summed E-state index contributed by atoms with van der Waals surface area (Å²) in [5, 5.41) is 3.83. The van der Waals surface area contributed by atoms with Gasteiger partial charge in [0.05, 0.1) is 17.1 Å². The van der Waals surface area contributed by atoms with Crippen molar-refractivity contribution in [2.75, 3.05) is 5.32 Å². The molecular formula is C21H16N6O. The molecule has 0 radical (unpaired) electrons. The molecule has 136 valence electrons. The van der Waals surface area contributed by atoms with Gasteiger partial charge in [0, 0.05) is 29.7 Å². The second-order valence-corrected chi connectivity index (χ2v) is 6.47. The number of nitrogens with one attached hydrogen (secondary N) is 2. The molecule has 28 heavy (non-hydrogen) atoms. The highest BCUT2D eigenvalue weighted by Gasteiger charge is 2.14. The number of amides is 1. The molecule has 2 N–H and O–H groups in total. The highest BCUT2D eigenvalue weighted by atomic mass is 16.1. The SMILES string of the molecule is Cc1nc2ccccn2c1-c1ccnc(NC(=O)c2ccc3cc[nH]c3c2)n1. The lowest BCUT2D eigenvalue weighted by molar-refractivity contribution is 0.102. The zero-order valence-electron chi connectivity index (χ0n) is 15.0. The third-order valence-electron chi connectivity index (χ3n) is 4.64. The highest BCUT2D eigenvalue weighted by Crippen LogP contribution is 2.23. The van der Waals surface area contributed by atoms with Crippen LogP contribution in [0.4, 0.5) is 5.95 Å². The maximum absolute atomic E-state index is 12.6. The largest absolute Gasteiger partial charge is 0.361 e. The number of H-pyrrole nitrogens is 1. The molecule has 0 aliphatic rings. The Kier molecular flexibility index (Phi) is 3.65. The van der Waals surface area contributed by atoms with Gasteiger partial charge < -0.3 is 4.98 Å². The summed E-state index contributed by atoms with van der Waals surface area (Å²) in [7, 11) is 0. The Morgan fingerprint density at radius 1 is 1.11 bits per heavy atom. The number of anilines is 1. The molecule has 4 aromatic heterocycles. The molecule has 4 heterocycles. The Bertz CT molecular complexity index is 1330. The standard InChI is InChI=1S/C21H16N6O/c1-13-19(27-11-3-2-4-18(27)24-13)16-8-10-23-21(25-16)26-20(28)15-6-5-14-7-9-22-17(14)12-15/h2-12,22H,1H3,(H,23,25,26,28). The molecule has 0 aliphatic carbocycles. The fraction of sp³-hybridized carbons (Fsp3) is 0.0476. The van der Waals surface area contributed by atoms with E-state index in [0.29, 0.717) is 11.3 Å². The number of aromatic nitrogens is 5. The minimum atomic E-state index is -0.261. The molecule has 0 bridgehead atoms. The predicted octanol–water partition coefficient (Wildman–Crippen LogP) is 3.83. The number of imidazole rings is 1. The lowest BCUT2D eigenvalue weighted by atomic mass is 10.1. The van der Waals surface area contributed by atoms with E-state index in [4.69, 9.17) is 0 Å². The van der Waals surface area contributed by atoms with Crippen molar-refractivity contribution in [3.05, 3.63) is 78.4 Å². The molecular weight excluding hydrogens is 352 g/mol. The first-order valence-corrected chi connectivity index (χ1v) is 8.85. The smallest absolute Gasteiger partial charge is 0.258 e. The maximum Gasteiger partial charge on any atom is 0.258 e. The lowest BCUT2D eigenvalue weighted by Crippen LogP contribution is -2.14. The van der Waals surface area contributed by atoms with Crippen molar-refractivity contribution in [2.24, 2.45) is 0 Å². The van der Waals surface area contributed by atoms with Gasteiger partial charge in [-0.05, 0) is 48.7 Å². The second-order valence-electron chi connectivity index (χ2n) is 6.47. The molecule has 0 spiro atoms. The van der Waals surface area contributed by atoms with Crippen molar-refractivity contribution in [1.29, 1.82) is 0 Å². The molecule has 0 saturated heterocycles. The van der Waals surface area contributed by atoms with E-state index in [9.17, 15) is 4.79 Å². The number of carbonyl (C=O) groups excluding carboxylic acids is 1. The Hall–Kier alpha value is -4.00. The predicted molar refractivity (Wildman–Crippen MR) is 107 cm³/mol. The molecule has 0 atom stereocenters. The minimum absolute atomic E-state index is 0.249. The average molecular weight is 368 g/mol. The number of aromatic amines is 1. The van der Waals surface area contributed by atoms with Gasteiger partial charge in [-0.2, -0.15) is 0 Å². The summed E-state index contributed by atoms with van der Waals surface area (Å²) in [6.45, 7) is 1.94. The third kappa shape index (κ3) is 2.69. The Labute approximate surface area is 160 Å². The van der Waals surface area contributed by atoms with Crippen LogP contribution >= 0.6 is 0 Å². The van der Waals surface area contributed by atoms with Crippen molar-refractivity contribution >= 4 is 28.4 Å². The summed E-state index contributed by atoms with van der Waals surface area (Å²) in [4.78, 5) is 29.0. The number of hydrogen-bond donors (Lipinski definition) is 2. The monoisotopic (exact) mass is 368 g/mol. The van der Waals surface area contributed by atoms with E-state index in [1.165, 1.54) is 0 Å². The maximum atomic E-state index is 12.6. The molecule has 0 aliphatic heterocycles. The van der Waals surface area contributed by atoms with E-state index < -0.39 is 0 Å². The van der Waals surface area contributed by atoms with Crippen LogP contribution in [-0.2, 0) is 0 Å². The van der Waals surface area contributed by atoms with Gasteiger partial charge in [-0.3, -0.25) is 14.5 Å². The molecule has 5 aromatic rings. The zero-order chi connectivity index (χ0) is 19.1. The summed E-state index contributed by atoms with van der Waals surface area (Å²) in [6.07, 6.45) is 5.42. The molecule has 7 heteroatoms. The summed E-state index contributed by atoms with van der Waals surface area (Å²) in [5.41, 5.74) is 4.72. The first-order chi connectivity index (χ1) is 13.7. The zero-order valence-corrected chi connectivity index (χ0v) is 15.0. The first kappa shape index (κ1) is 16.2. The van der Waals surface area contributed by atoms with Crippen LogP contribution in [0.3, 0.4) is 0 Å². The molecule has 0 saturated carbocycles. The van der Waals surface area contributed by atoms with Crippen LogP contribution in [0.5, 0.6) is 0 Å². The van der Waals surface area contributed by atoms with Crippen molar-refractivity contribution < 1.29 is 4.79 Å². The van der Waals surface area contributed by atoms with E-state index in [-0.39, 0.29) is 11.9 Å². The fourth-order valence-corrected chi connectivity index (χ4v) is 3.34. The van der Waals surface area contributed by atoms with Crippen molar-refractivity contribution in [3.63, 3.8) is 0 Å². The van der Waals surface area contributed by atoms with Crippen LogP contribution in [0, 0.1) is 6.92 Å². The van der Waals surface area contributed by atoms with Gasteiger partial charge in [-0.25, -0.2) is 15.0 Å². The van der Waals surface area contributed by atoms with Crippen molar-refractivity contribution in [2.45, 2.75) is 6.92 Å². The van der Waals surface area contributed by atoms with Crippen LogP contribution in [0.15, 0.2) is 67.1 Å². The topological polar surface area (TPSA) is 88.0 Å². The van der Waals surface area contributed by atoms with Gasteiger partial charge in [0.2, 0.25) is 5.95 Å². The van der Waals surface area contributed by atoms with E-state index in [1.807, 2.05) is 66.2 Å². The minimum Gasteiger partial charge on any atom is -0.361 e. The van der Waals surface area contributed by atoms with E-state index in [0.717, 1.165) is 27.9 Å². The molecule has 7 nitrogen and oxygen atoms in total. The number of fused-ring (bicyclic) bond motifs is 2. The van der Waals surface area contributed by atoms with E-state index in [1.54, 1.807) is 12.3 Å². The number of benzene rings is 1. The summed E-state index contributed by atoms with van der Waals surface area (Å²) in [6, 6.07) is 15.1. The second kappa shape index (κ2) is 6.31. The van der Waals surface area contributed by atoms with Gasteiger partial charge >= 0.3 is 0 Å². The van der Waals surface area contributed by atoms with Crippen LogP contribution in [0.1, 0.15) is 16.1 Å². The lowest BCUT2D eigenvalue weighted by Gasteiger charge is -2.07. The van der Waals surface area contributed by atoms with Crippen LogP contribution in [0.25, 0.3) is 27.9 Å². The fourth-order valence-electron chi connectivity index (χ4n) is 3.34. The van der Waals surface area contributed by atoms with Gasteiger partial charge in [0.1, 0.15) is 5.65 Å². The van der Waals surface area contributed by atoms with Gasteiger partial charge in [0.25, 0.3) is 5.91 Å². The molecule has 1 amide bonds. The number of nitrogens with zero attached hydrogens (tertiary/aromatic N) is 4. The number of hydrogen-bond acceptors (Lipinski definition) is 4. The molecule has 0 fully saturated rings. The third-order valence-corrected chi connectivity index (χ3v) is 4.64. The van der Waals surface area contributed by atoms with Crippen molar-refractivity contribution in [1.82, 2.24) is 24.3 Å². The normalized spacial score (nSPS) is 11.2. The Morgan fingerprint density at radius 3 is 2.96 bits per heavy atom. The summed E-state index contributed by atoms with van der Waals surface area (Å²) < 4.78 is 1.97. The number of rotatable bonds is 3. The number of aryl methyl sites for hydroxylation is 1. The molecule has 0 unspecified atom stereocenters. The molecule has 1 aromatic carbocycles. The van der Waals surface area contributed by atoms with Crippen LogP contribution in [-0.4, -0.2) is 30.2 Å². The quantitative estimate of drug-likeness (QED) is 0.506. The Balaban J connectivity index is 1.48. The van der Waals surface area contributed by atoms with Gasteiger partial charge in [-0.15, -0.1) is 0 Å². The number of carbonyl (C=O) groups is 1. The van der Waals surface area contributed by atoms with Crippen molar-refractivity contribution in [3.8, 4) is 11.4 Å². The highest BCUT2D eigenvalue weighted by molar-refractivity contribution is 6.05. The first-order valence-electron chi connectivity index (χ1n) is 8.85. The van der Waals surface area contributed by atoms with E-state index >= 15 is 0 Å². The summed E-state index contributed by atoms with van der Waals surface area (Å²) >= 11 is 0. The Morgan fingerprint density at radius 2 is 2.04 bits per heavy atom.